The van der Waals surface area contributed by atoms with E-state index in [-0.39, 0.29) is 5.97 Å². The molecule has 0 aliphatic rings. The third-order valence-corrected chi connectivity index (χ3v) is 3.75. The zero-order valence-electron chi connectivity index (χ0n) is 13.9. The van der Waals surface area contributed by atoms with Gasteiger partial charge in [-0.3, -0.25) is 4.79 Å². The minimum Gasteiger partial charge on any atom is -0.466 e. The fraction of sp³-hybridized carbons (Fsp3) is 0.944. The van der Waals surface area contributed by atoms with Gasteiger partial charge < -0.3 is 4.74 Å². The van der Waals surface area contributed by atoms with E-state index in [2.05, 4.69) is 13.8 Å². The van der Waals surface area contributed by atoms with Gasteiger partial charge in [-0.05, 0) is 12.8 Å². The molecule has 0 radical (unpaired) electrons. The zero-order valence-corrected chi connectivity index (χ0v) is 13.9. The summed E-state index contributed by atoms with van der Waals surface area (Å²) >= 11 is 0. The monoisotopic (exact) mass is 284 g/mol. The molecule has 0 bridgehead atoms. The van der Waals surface area contributed by atoms with Gasteiger partial charge in [-0.25, -0.2) is 0 Å². The van der Waals surface area contributed by atoms with Crippen LogP contribution in [0.4, 0.5) is 0 Å². The van der Waals surface area contributed by atoms with Crippen molar-refractivity contribution in [3.05, 3.63) is 0 Å². The Labute approximate surface area is 126 Å². The highest BCUT2D eigenvalue weighted by Crippen LogP contribution is 2.10. The third-order valence-electron chi connectivity index (χ3n) is 3.75. The SMILES string of the molecule is CCCCCCCCCCCOC(=O)CCCCCC. The lowest BCUT2D eigenvalue weighted by Gasteiger charge is -2.05. The largest absolute Gasteiger partial charge is 0.466 e. The first-order chi connectivity index (χ1) is 9.81. The van der Waals surface area contributed by atoms with Crippen molar-refractivity contribution in [2.45, 2.75) is 104 Å². The number of carbonyl (C=O) groups is 1. The van der Waals surface area contributed by atoms with Crippen LogP contribution in [0.5, 0.6) is 0 Å². The molecule has 0 rings (SSSR count). The lowest BCUT2D eigenvalue weighted by atomic mass is 10.1. The summed E-state index contributed by atoms with van der Waals surface area (Å²) in [5.41, 5.74) is 0. The van der Waals surface area contributed by atoms with Crippen LogP contribution in [0.2, 0.25) is 0 Å². The molecule has 0 aliphatic carbocycles. The second-order valence-corrected chi connectivity index (χ2v) is 5.86. The lowest BCUT2D eigenvalue weighted by molar-refractivity contribution is -0.143. The number of unbranched alkanes of at least 4 members (excludes halogenated alkanes) is 11. The molecule has 0 fully saturated rings. The maximum atomic E-state index is 11.4. The van der Waals surface area contributed by atoms with Gasteiger partial charge in [0.05, 0.1) is 6.61 Å². The van der Waals surface area contributed by atoms with Gasteiger partial charge in [0, 0.05) is 6.42 Å². The van der Waals surface area contributed by atoms with E-state index in [0.717, 1.165) is 19.3 Å². The fourth-order valence-electron chi connectivity index (χ4n) is 2.37. The molecule has 2 nitrogen and oxygen atoms in total. The van der Waals surface area contributed by atoms with Gasteiger partial charge in [-0.2, -0.15) is 0 Å². The van der Waals surface area contributed by atoms with Crippen molar-refractivity contribution >= 4 is 5.97 Å². The standard InChI is InChI=1S/C18H36O2/c1-3-5-7-9-10-11-12-13-15-17-20-18(19)16-14-8-6-4-2/h3-17H2,1-2H3. The van der Waals surface area contributed by atoms with Gasteiger partial charge in [0.15, 0.2) is 0 Å². The molecule has 0 spiro atoms. The average Bonchev–Trinajstić information content (AvgIpc) is 2.45. The van der Waals surface area contributed by atoms with Crippen LogP contribution in [-0.2, 0) is 9.53 Å². The van der Waals surface area contributed by atoms with Crippen LogP contribution in [0.15, 0.2) is 0 Å². The molecule has 0 aromatic carbocycles. The summed E-state index contributed by atoms with van der Waals surface area (Å²) in [6, 6.07) is 0. The predicted molar refractivity (Wildman–Crippen MR) is 86.9 cm³/mol. The van der Waals surface area contributed by atoms with Crippen molar-refractivity contribution in [1.82, 2.24) is 0 Å². The molecule has 2 heteroatoms. The van der Waals surface area contributed by atoms with Crippen molar-refractivity contribution in [2.75, 3.05) is 6.61 Å². The lowest BCUT2D eigenvalue weighted by Crippen LogP contribution is -2.05. The molecule has 0 aromatic heterocycles. The summed E-state index contributed by atoms with van der Waals surface area (Å²) < 4.78 is 5.24. The molecule has 0 aromatic rings. The normalized spacial score (nSPS) is 10.7. The van der Waals surface area contributed by atoms with Crippen molar-refractivity contribution in [1.29, 1.82) is 0 Å². The van der Waals surface area contributed by atoms with Crippen LogP contribution < -0.4 is 0 Å². The number of hydrogen-bond donors (Lipinski definition) is 0. The molecule has 0 N–H and O–H groups in total. The van der Waals surface area contributed by atoms with Gasteiger partial charge in [0.25, 0.3) is 0 Å². The van der Waals surface area contributed by atoms with E-state index in [1.807, 2.05) is 0 Å². The van der Waals surface area contributed by atoms with Gasteiger partial charge >= 0.3 is 5.97 Å². The maximum Gasteiger partial charge on any atom is 0.305 e. The molecular formula is C18H36O2. The maximum absolute atomic E-state index is 11.4. The number of hydrogen-bond acceptors (Lipinski definition) is 2. The first kappa shape index (κ1) is 19.5. The zero-order chi connectivity index (χ0) is 14.9. The Hall–Kier alpha value is -0.530. The van der Waals surface area contributed by atoms with Crippen LogP contribution in [0.1, 0.15) is 104 Å². The second kappa shape index (κ2) is 16.5. The van der Waals surface area contributed by atoms with E-state index in [9.17, 15) is 4.79 Å². The summed E-state index contributed by atoms with van der Waals surface area (Å²) in [4.78, 5) is 11.4. The molecular weight excluding hydrogens is 248 g/mol. The Kier molecular flexibility index (Phi) is 16.1. The second-order valence-electron chi connectivity index (χ2n) is 5.86. The van der Waals surface area contributed by atoms with E-state index in [4.69, 9.17) is 4.74 Å². The smallest absolute Gasteiger partial charge is 0.305 e. The van der Waals surface area contributed by atoms with Crippen LogP contribution in [0, 0.1) is 0 Å². The highest BCUT2D eigenvalue weighted by molar-refractivity contribution is 5.69. The van der Waals surface area contributed by atoms with Gasteiger partial charge in [0.1, 0.15) is 0 Å². The topological polar surface area (TPSA) is 26.3 Å². The first-order valence-corrected chi connectivity index (χ1v) is 8.96. The van der Waals surface area contributed by atoms with Crippen molar-refractivity contribution < 1.29 is 9.53 Å². The number of rotatable bonds is 15. The summed E-state index contributed by atoms with van der Waals surface area (Å²) in [6.45, 7) is 5.07. The summed E-state index contributed by atoms with van der Waals surface area (Å²) in [5.74, 6) is 0.000619. The van der Waals surface area contributed by atoms with E-state index >= 15 is 0 Å². The van der Waals surface area contributed by atoms with E-state index in [1.54, 1.807) is 0 Å². The summed E-state index contributed by atoms with van der Waals surface area (Å²) in [6.07, 6.45) is 16.9. The third kappa shape index (κ3) is 15.5. The Morgan fingerprint density at radius 2 is 1.10 bits per heavy atom. The molecule has 0 saturated carbocycles. The van der Waals surface area contributed by atoms with E-state index < -0.39 is 0 Å². The van der Waals surface area contributed by atoms with E-state index in [1.165, 1.54) is 64.2 Å². The molecule has 20 heavy (non-hydrogen) atoms. The van der Waals surface area contributed by atoms with Gasteiger partial charge in [-0.15, -0.1) is 0 Å². The summed E-state index contributed by atoms with van der Waals surface area (Å²) in [5, 5.41) is 0. The number of ether oxygens (including phenoxy) is 1. The van der Waals surface area contributed by atoms with Crippen LogP contribution in [0.25, 0.3) is 0 Å². The fourth-order valence-corrected chi connectivity index (χ4v) is 2.37. The average molecular weight is 284 g/mol. The Morgan fingerprint density at radius 3 is 1.65 bits per heavy atom. The summed E-state index contributed by atoms with van der Waals surface area (Å²) in [7, 11) is 0. The molecule has 0 atom stereocenters. The molecule has 0 amide bonds. The van der Waals surface area contributed by atoms with Crippen LogP contribution in [-0.4, -0.2) is 12.6 Å². The minimum atomic E-state index is 0.000619. The molecule has 0 aliphatic heterocycles. The van der Waals surface area contributed by atoms with Crippen molar-refractivity contribution in [2.24, 2.45) is 0 Å². The highest BCUT2D eigenvalue weighted by atomic mass is 16.5. The van der Waals surface area contributed by atoms with Crippen LogP contribution >= 0.6 is 0 Å². The Bertz CT molecular complexity index is 202. The predicted octanol–water partition coefficient (Wildman–Crippen LogP) is 6.03. The van der Waals surface area contributed by atoms with Gasteiger partial charge in [0.2, 0.25) is 0 Å². The minimum absolute atomic E-state index is 0.000619. The number of esters is 1. The molecule has 0 unspecified atom stereocenters. The quantitative estimate of drug-likeness (QED) is 0.271. The highest BCUT2D eigenvalue weighted by Gasteiger charge is 2.01. The number of carbonyl (C=O) groups excluding carboxylic acids is 1. The van der Waals surface area contributed by atoms with E-state index in [0.29, 0.717) is 13.0 Å². The molecule has 0 heterocycles. The Balaban J connectivity index is 3.09. The first-order valence-electron chi connectivity index (χ1n) is 8.96. The molecule has 0 saturated heterocycles. The van der Waals surface area contributed by atoms with Gasteiger partial charge in [-0.1, -0.05) is 84.5 Å². The molecule has 120 valence electrons. The Morgan fingerprint density at radius 1 is 0.650 bits per heavy atom. The van der Waals surface area contributed by atoms with Crippen LogP contribution in [0.3, 0.4) is 0 Å². The van der Waals surface area contributed by atoms with Crippen molar-refractivity contribution in [3.8, 4) is 0 Å². The van der Waals surface area contributed by atoms with Crippen molar-refractivity contribution in [3.63, 3.8) is 0 Å².